The van der Waals surface area contributed by atoms with Crippen LogP contribution in [0.1, 0.15) is 10.4 Å². The number of rotatable bonds is 3. The standard InChI is InChI=1S/C18H12ClN3OS/c19-14-6-3-7-15(17(14)22-10-4-9-20-22)21-18(23)13-11-24-16-8-2-1-5-12(13)16/h1-11H,(H,21,23). The summed E-state index contributed by atoms with van der Waals surface area (Å²) >= 11 is 7.87. The summed E-state index contributed by atoms with van der Waals surface area (Å²) in [6, 6.07) is 15.0. The normalized spacial score (nSPS) is 10.9. The highest BCUT2D eigenvalue weighted by Gasteiger charge is 2.16. The van der Waals surface area contributed by atoms with E-state index >= 15 is 0 Å². The maximum atomic E-state index is 12.7. The summed E-state index contributed by atoms with van der Waals surface area (Å²) in [4.78, 5) is 12.7. The van der Waals surface area contributed by atoms with E-state index in [1.165, 1.54) is 0 Å². The molecule has 4 rings (SSSR count). The molecule has 2 aromatic carbocycles. The van der Waals surface area contributed by atoms with Crippen LogP contribution in [0.25, 0.3) is 15.8 Å². The van der Waals surface area contributed by atoms with Gasteiger partial charge in [-0.2, -0.15) is 5.10 Å². The first-order valence-corrected chi connectivity index (χ1v) is 8.56. The van der Waals surface area contributed by atoms with Gasteiger partial charge in [0.25, 0.3) is 5.91 Å². The van der Waals surface area contributed by atoms with Gasteiger partial charge in [-0.15, -0.1) is 11.3 Å². The fourth-order valence-electron chi connectivity index (χ4n) is 2.59. The number of nitrogens with one attached hydrogen (secondary N) is 1. The molecule has 1 N–H and O–H groups in total. The molecule has 0 fully saturated rings. The Morgan fingerprint density at radius 2 is 2.00 bits per heavy atom. The summed E-state index contributed by atoms with van der Waals surface area (Å²) in [5.41, 5.74) is 1.92. The van der Waals surface area contributed by atoms with Crippen molar-refractivity contribution >= 4 is 44.6 Å². The number of thiophene rings is 1. The molecule has 0 unspecified atom stereocenters. The molecule has 2 heterocycles. The van der Waals surface area contributed by atoms with E-state index in [9.17, 15) is 4.79 Å². The smallest absolute Gasteiger partial charge is 0.257 e. The second-order valence-corrected chi connectivity index (χ2v) is 6.50. The monoisotopic (exact) mass is 353 g/mol. The molecule has 0 saturated carbocycles. The summed E-state index contributed by atoms with van der Waals surface area (Å²) in [5.74, 6) is -0.164. The van der Waals surface area contributed by atoms with Crippen LogP contribution >= 0.6 is 22.9 Å². The molecule has 0 aliphatic rings. The molecule has 0 aliphatic carbocycles. The molecule has 1 amide bonds. The van der Waals surface area contributed by atoms with Crippen LogP contribution in [0, 0.1) is 0 Å². The molecule has 0 aliphatic heterocycles. The Hall–Kier alpha value is -2.63. The SMILES string of the molecule is O=C(Nc1cccc(Cl)c1-n1cccn1)c1csc2ccccc12. The number of aromatic nitrogens is 2. The number of amides is 1. The molecule has 0 spiro atoms. The van der Waals surface area contributed by atoms with Crippen LogP contribution in [-0.4, -0.2) is 15.7 Å². The van der Waals surface area contributed by atoms with Crippen LogP contribution < -0.4 is 5.32 Å². The Morgan fingerprint density at radius 1 is 1.12 bits per heavy atom. The van der Waals surface area contributed by atoms with Crippen molar-refractivity contribution in [3.8, 4) is 5.69 Å². The molecule has 0 radical (unpaired) electrons. The molecule has 6 heteroatoms. The number of hydrogen-bond acceptors (Lipinski definition) is 3. The van der Waals surface area contributed by atoms with Crippen molar-refractivity contribution < 1.29 is 4.79 Å². The lowest BCUT2D eigenvalue weighted by Gasteiger charge is -2.12. The van der Waals surface area contributed by atoms with Crippen molar-refractivity contribution in [2.24, 2.45) is 0 Å². The molecular formula is C18H12ClN3OS. The van der Waals surface area contributed by atoms with E-state index in [0.717, 1.165) is 10.1 Å². The summed E-state index contributed by atoms with van der Waals surface area (Å²) in [7, 11) is 0. The molecule has 4 nitrogen and oxygen atoms in total. The Morgan fingerprint density at radius 3 is 2.83 bits per heavy atom. The van der Waals surface area contributed by atoms with E-state index in [0.29, 0.717) is 22.0 Å². The Bertz CT molecular complexity index is 1020. The van der Waals surface area contributed by atoms with Gasteiger partial charge in [-0.3, -0.25) is 4.79 Å². The number of para-hydroxylation sites is 1. The van der Waals surface area contributed by atoms with E-state index in [4.69, 9.17) is 11.6 Å². The zero-order valence-electron chi connectivity index (χ0n) is 12.4. The number of carbonyl (C=O) groups excluding carboxylic acids is 1. The minimum absolute atomic E-state index is 0.164. The van der Waals surface area contributed by atoms with E-state index in [1.54, 1.807) is 46.6 Å². The third-order valence-electron chi connectivity index (χ3n) is 3.69. The van der Waals surface area contributed by atoms with E-state index in [2.05, 4.69) is 10.4 Å². The first-order valence-electron chi connectivity index (χ1n) is 7.30. The minimum Gasteiger partial charge on any atom is -0.320 e. The largest absolute Gasteiger partial charge is 0.320 e. The molecule has 4 aromatic rings. The lowest BCUT2D eigenvalue weighted by molar-refractivity contribution is 0.102. The Kier molecular flexibility index (Phi) is 3.80. The highest BCUT2D eigenvalue weighted by atomic mass is 35.5. The van der Waals surface area contributed by atoms with E-state index < -0.39 is 0 Å². The average molecular weight is 354 g/mol. The molecule has 2 aromatic heterocycles. The summed E-state index contributed by atoms with van der Waals surface area (Å²) in [6.45, 7) is 0. The zero-order chi connectivity index (χ0) is 16.5. The van der Waals surface area contributed by atoms with Gasteiger partial charge in [0, 0.05) is 27.9 Å². The summed E-state index contributed by atoms with van der Waals surface area (Å²) in [5, 5.41) is 10.5. The van der Waals surface area contributed by atoms with Crippen LogP contribution in [0.2, 0.25) is 5.02 Å². The van der Waals surface area contributed by atoms with Crippen molar-refractivity contribution in [2.45, 2.75) is 0 Å². The van der Waals surface area contributed by atoms with Gasteiger partial charge >= 0.3 is 0 Å². The molecule has 0 atom stereocenters. The number of halogens is 1. The van der Waals surface area contributed by atoms with Gasteiger partial charge in [0.15, 0.2) is 0 Å². The second kappa shape index (κ2) is 6.11. The predicted molar refractivity (Wildman–Crippen MR) is 98.4 cm³/mol. The van der Waals surface area contributed by atoms with Crippen LogP contribution in [0.5, 0.6) is 0 Å². The fraction of sp³-hybridized carbons (Fsp3) is 0. The summed E-state index contributed by atoms with van der Waals surface area (Å²) < 4.78 is 2.73. The third kappa shape index (κ3) is 2.58. The average Bonchev–Trinajstić information content (AvgIpc) is 3.24. The van der Waals surface area contributed by atoms with E-state index in [-0.39, 0.29) is 5.91 Å². The van der Waals surface area contributed by atoms with Gasteiger partial charge in [-0.1, -0.05) is 35.9 Å². The first kappa shape index (κ1) is 14.9. The highest BCUT2D eigenvalue weighted by Crippen LogP contribution is 2.30. The van der Waals surface area contributed by atoms with Crippen molar-refractivity contribution in [3.05, 3.63) is 76.9 Å². The predicted octanol–water partition coefficient (Wildman–Crippen LogP) is 4.99. The lowest BCUT2D eigenvalue weighted by Crippen LogP contribution is -2.13. The first-order chi connectivity index (χ1) is 11.7. The Labute approximate surface area is 147 Å². The van der Waals surface area contributed by atoms with Crippen LogP contribution in [0.3, 0.4) is 0 Å². The van der Waals surface area contributed by atoms with Crippen LogP contribution in [0.4, 0.5) is 5.69 Å². The van der Waals surface area contributed by atoms with Gasteiger partial charge in [-0.05, 0) is 24.3 Å². The molecule has 0 bridgehead atoms. The van der Waals surface area contributed by atoms with Crippen molar-refractivity contribution in [1.82, 2.24) is 9.78 Å². The highest BCUT2D eigenvalue weighted by molar-refractivity contribution is 7.17. The van der Waals surface area contributed by atoms with Crippen molar-refractivity contribution in [2.75, 3.05) is 5.32 Å². The topological polar surface area (TPSA) is 46.9 Å². The van der Waals surface area contributed by atoms with Crippen LogP contribution in [-0.2, 0) is 0 Å². The number of fused-ring (bicyclic) bond motifs is 1. The molecule has 24 heavy (non-hydrogen) atoms. The zero-order valence-corrected chi connectivity index (χ0v) is 14.0. The fourth-order valence-corrected chi connectivity index (χ4v) is 3.80. The van der Waals surface area contributed by atoms with Gasteiger partial charge in [0.05, 0.1) is 16.3 Å². The van der Waals surface area contributed by atoms with E-state index in [1.807, 2.05) is 35.7 Å². The number of nitrogens with zero attached hydrogens (tertiary/aromatic N) is 2. The van der Waals surface area contributed by atoms with Crippen LogP contribution in [0.15, 0.2) is 66.3 Å². The van der Waals surface area contributed by atoms with Gasteiger partial charge in [-0.25, -0.2) is 4.68 Å². The maximum absolute atomic E-state index is 12.7. The second-order valence-electron chi connectivity index (χ2n) is 5.19. The number of hydrogen-bond donors (Lipinski definition) is 1. The van der Waals surface area contributed by atoms with Crippen molar-refractivity contribution in [1.29, 1.82) is 0 Å². The van der Waals surface area contributed by atoms with Gasteiger partial charge in [0.2, 0.25) is 0 Å². The number of anilines is 1. The molecule has 0 saturated heterocycles. The minimum atomic E-state index is -0.164. The van der Waals surface area contributed by atoms with Crippen molar-refractivity contribution in [3.63, 3.8) is 0 Å². The number of carbonyl (C=O) groups is 1. The lowest BCUT2D eigenvalue weighted by atomic mass is 10.1. The number of benzene rings is 2. The molecule has 118 valence electrons. The molecular weight excluding hydrogens is 342 g/mol. The third-order valence-corrected chi connectivity index (χ3v) is 4.96. The maximum Gasteiger partial charge on any atom is 0.257 e. The summed E-state index contributed by atoms with van der Waals surface area (Å²) in [6.07, 6.45) is 3.46. The quantitative estimate of drug-likeness (QED) is 0.563. The van der Waals surface area contributed by atoms with Gasteiger partial charge < -0.3 is 5.32 Å². The van der Waals surface area contributed by atoms with Gasteiger partial charge in [0.1, 0.15) is 5.69 Å². The Balaban J connectivity index is 1.74.